The molecule has 34 heavy (non-hydrogen) atoms. The predicted octanol–water partition coefficient (Wildman–Crippen LogP) is 4.53. The van der Waals surface area contributed by atoms with Gasteiger partial charge in [-0.05, 0) is 43.3 Å². The van der Waals surface area contributed by atoms with E-state index in [2.05, 4.69) is 16.0 Å². The number of carbonyl (C=O) groups excluding carboxylic acids is 2. The molecule has 170 valence electrons. The van der Waals surface area contributed by atoms with Gasteiger partial charge in [-0.1, -0.05) is 42.0 Å². The van der Waals surface area contributed by atoms with Gasteiger partial charge in [-0.3, -0.25) is 9.59 Å². The van der Waals surface area contributed by atoms with Crippen LogP contribution in [0, 0.1) is 18.3 Å². The summed E-state index contributed by atoms with van der Waals surface area (Å²) < 4.78 is 0. The summed E-state index contributed by atoms with van der Waals surface area (Å²) in [5, 5.41) is 27.2. The molecule has 3 rings (SSSR count). The highest BCUT2D eigenvalue weighted by molar-refractivity contribution is 6.12. The molecule has 3 aromatic rings. The summed E-state index contributed by atoms with van der Waals surface area (Å²) in [6, 6.07) is 20.0. The molecule has 0 bridgehead atoms. The average Bonchev–Trinajstić information content (AvgIpc) is 2.83. The molecule has 0 atom stereocenters. The van der Waals surface area contributed by atoms with Crippen molar-refractivity contribution >= 4 is 40.9 Å². The molecule has 0 radical (unpaired) electrons. The van der Waals surface area contributed by atoms with E-state index in [1.54, 1.807) is 43.4 Å². The molecule has 0 fully saturated rings. The summed E-state index contributed by atoms with van der Waals surface area (Å²) in [7, 11) is 1.66. The first-order valence-electron chi connectivity index (χ1n) is 10.3. The molecule has 0 unspecified atom stereocenters. The molecule has 0 saturated carbocycles. The van der Waals surface area contributed by atoms with Crippen LogP contribution in [0.3, 0.4) is 0 Å². The van der Waals surface area contributed by atoms with E-state index < -0.39 is 11.9 Å². The number of amides is 2. The number of hydrogen-bond acceptors (Lipinski definition) is 5. The minimum atomic E-state index is -1.20. The van der Waals surface area contributed by atoms with Crippen LogP contribution < -0.4 is 16.0 Å². The van der Waals surface area contributed by atoms with Crippen LogP contribution in [0.1, 0.15) is 31.8 Å². The average molecular weight is 454 g/mol. The summed E-state index contributed by atoms with van der Waals surface area (Å²) in [4.78, 5) is 36.8. The molecule has 8 nitrogen and oxygen atoms in total. The lowest BCUT2D eigenvalue weighted by Gasteiger charge is -2.14. The zero-order valence-corrected chi connectivity index (χ0v) is 18.5. The van der Waals surface area contributed by atoms with Crippen molar-refractivity contribution in [3.63, 3.8) is 0 Å². The van der Waals surface area contributed by atoms with E-state index in [4.69, 9.17) is 0 Å². The third-order valence-corrected chi connectivity index (χ3v) is 4.98. The largest absolute Gasteiger partial charge is 0.478 e. The summed E-state index contributed by atoms with van der Waals surface area (Å²) >= 11 is 0. The second-order valence-electron chi connectivity index (χ2n) is 7.31. The van der Waals surface area contributed by atoms with Crippen molar-refractivity contribution in [3.8, 4) is 6.07 Å². The van der Waals surface area contributed by atoms with Gasteiger partial charge in [0.05, 0.1) is 22.6 Å². The number of para-hydroxylation sites is 2. The number of anilines is 3. The van der Waals surface area contributed by atoms with Gasteiger partial charge in [0.1, 0.15) is 11.6 Å². The molecular formula is C26H22N4O4. The maximum Gasteiger partial charge on any atom is 0.337 e. The number of aryl methyl sites for hydroxylation is 1. The van der Waals surface area contributed by atoms with Crippen LogP contribution in [0.5, 0.6) is 0 Å². The molecule has 0 aliphatic carbocycles. The Labute approximate surface area is 196 Å². The number of hydrogen-bond donors (Lipinski definition) is 4. The second-order valence-corrected chi connectivity index (χ2v) is 7.31. The Balaban J connectivity index is 1.89. The number of nitrogens with zero attached hydrogens (tertiary/aromatic N) is 1. The smallest absolute Gasteiger partial charge is 0.337 e. The van der Waals surface area contributed by atoms with Gasteiger partial charge >= 0.3 is 5.97 Å². The molecule has 0 aromatic heterocycles. The van der Waals surface area contributed by atoms with Gasteiger partial charge < -0.3 is 21.1 Å². The van der Waals surface area contributed by atoms with Gasteiger partial charge in [-0.2, -0.15) is 5.26 Å². The van der Waals surface area contributed by atoms with Crippen molar-refractivity contribution in [3.05, 3.63) is 94.6 Å². The zero-order valence-electron chi connectivity index (χ0n) is 18.5. The first-order valence-corrected chi connectivity index (χ1v) is 10.3. The van der Waals surface area contributed by atoms with E-state index in [1.807, 2.05) is 25.1 Å². The van der Waals surface area contributed by atoms with E-state index >= 15 is 0 Å². The van der Waals surface area contributed by atoms with Crippen LogP contribution in [-0.4, -0.2) is 29.9 Å². The minimum absolute atomic E-state index is 0.0779. The molecule has 8 heteroatoms. The number of aromatic carboxylic acids is 1. The topological polar surface area (TPSA) is 131 Å². The van der Waals surface area contributed by atoms with Crippen molar-refractivity contribution in [2.45, 2.75) is 6.92 Å². The van der Waals surface area contributed by atoms with Crippen molar-refractivity contribution in [1.82, 2.24) is 0 Å². The summed E-state index contributed by atoms with van der Waals surface area (Å²) in [5.41, 5.74) is 2.74. The van der Waals surface area contributed by atoms with E-state index in [9.17, 15) is 24.8 Å². The lowest BCUT2D eigenvalue weighted by molar-refractivity contribution is -0.112. The number of carboxylic acid groups (broad SMARTS) is 1. The number of benzene rings is 3. The molecule has 2 amide bonds. The van der Waals surface area contributed by atoms with Crippen LogP contribution in [-0.2, 0) is 4.79 Å². The molecule has 0 aliphatic heterocycles. The predicted molar refractivity (Wildman–Crippen MR) is 131 cm³/mol. The van der Waals surface area contributed by atoms with Crippen molar-refractivity contribution in [1.29, 1.82) is 5.26 Å². The van der Waals surface area contributed by atoms with Gasteiger partial charge in [-0.25, -0.2) is 4.79 Å². The van der Waals surface area contributed by atoms with Crippen molar-refractivity contribution in [2.24, 2.45) is 0 Å². The van der Waals surface area contributed by atoms with E-state index in [0.717, 1.165) is 5.56 Å². The Hall–Kier alpha value is -4.90. The van der Waals surface area contributed by atoms with Crippen LogP contribution in [0.4, 0.5) is 17.1 Å². The molecule has 3 aromatic carbocycles. The number of carbonyl (C=O) groups is 3. The summed E-state index contributed by atoms with van der Waals surface area (Å²) in [6.45, 7) is 1.93. The van der Waals surface area contributed by atoms with Crippen LogP contribution in [0.2, 0.25) is 0 Å². The second kappa shape index (κ2) is 10.6. The highest BCUT2D eigenvalue weighted by Crippen LogP contribution is 2.28. The van der Waals surface area contributed by atoms with Crippen molar-refractivity contribution in [2.75, 3.05) is 23.0 Å². The summed E-state index contributed by atoms with van der Waals surface area (Å²) in [5.74, 6) is -2.26. The molecule has 4 N–H and O–H groups in total. The lowest BCUT2D eigenvalue weighted by atomic mass is 10.1. The van der Waals surface area contributed by atoms with Gasteiger partial charge in [-0.15, -0.1) is 0 Å². The molecule has 0 saturated heterocycles. The number of carboxylic acids is 1. The van der Waals surface area contributed by atoms with Crippen molar-refractivity contribution < 1.29 is 19.5 Å². The fraction of sp³-hybridized carbons (Fsp3) is 0.0769. The molecule has 0 heterocycles. The highest BCUT2D eigenvalue weighted by Gasteiger charge is 2.16. The van der Waals surface area contributed by atoms with E-state index in [1.165, 1.54) is 24.3 Å². The fourth-order valence-electron chi connectivity index (χ4n) is 3.25. The maximum absolute atomic E-state index is 12.7. The number of nitrogens with one attached hydrogen (secondary N) is 3. The summed E-state index contributed by atoms with van der Waals surface area (Å²) in [6.07, 6.45) is 1.37. The monoisotopic (exact) mass is 454 g/mol. The minimum Gasteiger partial charge on any atom is -0.478 e. The fourth-order valence-corrected chi connectivity index (χ4v) is 3.25. The van der Waals surface area contributed by atoms with Crippen LogP contribution in [0.25, 0.3) is 6.08 Å². The highest BCUT2D eigenvalue weighted by atomic mass is 16.4. The first-order chi connectivity index (χ1) is 16.3. The number of rotatable bonds is 7. The molecule has 0 aliphatic rings. The van der Waals surface area contributed by atoms with E-state index in [0.29, 0.717) is 22.5 Å². The molecular weight excluding hydrogens is 432 g/mol. The van der Waals surface area contributed by atoms with Gasteiger partial charge in [0, 0.05) is 18.2 Å². The Morgan fingerprint density at radius 3 is 2.24 bits per heavy atom. The maximum atomic E-state index is 12.7. The van der Waals surface area contributed by atoms with E-state index in [-0.39, 0.29) is 22.7 Å². The SMILES string of the molecule is CNc1c(/C=C(\C#N)C(=O)Nc2ccccc2C(=O)O)cccc1NC(=O)c1ccc(C)cc1. The van der Waals surface area contributed by atoms with Crippen LogP contribution in [0.15, 0.2) is 72.3 Å². The quantitative estimate of drug-likeness (QED) is 0.306. The first kappa shape index (κ1) is 23.8. The Bertz CT molecular complexity index is 1320. The standard InChI is InChI=1S/C26H22N4O4/c1-16-10-12-17(13-11-16)24(31)30-22-9-5-6-18(23(22)28-2)14-19(15-27)25(32)29-21-8-4-3-7-20(21)26(33)34/h3-14,28H,1-2H3,(H,29,32)(H,30,31)(H,33,34)/b19-14+. The normalized spacial score (nSPS) is 10.7. The Morgan fingerprint density at radius 2 is 1.59 bits per heavy atom. The van der Waals surface area contributed by atoms with Gasteiger partial charge in [0.15, 0.2) is 0 Å². The van der Waals surface area contributed by atoms with Crippen LogP contribution >= 0.6 is 0 Å². The number of nitriles is 1. The van der Waals surface area contributed by atoms with Gasteiger partial charge in [0.2, 0.25) is 0 Å². The van der Waals surface area contributed by atoms with Gasteiger partial charge in [0.25, 0.3) is 11.8 Å². The third-order valence-electron chi connectivity index (χ3n) is 4.98. The zero-order chi connectivity index (χ0) is 24.7. The third kappa shape index (κ3) is 5.47. The Morgan fingerprint density at radius 1 is 0.912 bits per heavy atom. The molecule has 0 spiro atoms. The lowest BCUT2D eigenvalue weighted by Crippen LogP contribution is -2.16. The Kier molecular flexibility index (Phi) is 7.41.